The molecule has 0 saturated heterocycles. The first-order valence-corrected chi connectivity index (χ1v) is 6.07. The van der Waals surface area contributed by atoms with Gasteiger partial charge < -0.3 is 4.74 Å². The van der Waals surface area contributed by atoms with Crippen molar-refractivity contribution in [2.24, 2.45) is 0 Å². The van der Waals surface area contributed by atoms with Gasteiger partial charge in [-0.1, -0.05) is 28.9 Å². The van der Waals surface area contributed by atoms with E-state index >= 15 is 0 Å². The highest BCUT2D eigenvalue weighted by Gasteiger charge is 2.13. The minimum absolute atomic E-state index is 0.180. The van der Waals surface area contributed by atoms with Gasteiger partial charge in [-0.2, -0.15) is 0 Å². The fourth-order valence-electron chi connectivity index (χ4n) is 1.32. The number of hydrogen-bond donors (Lipinski definition) is 0. The Hall–Kier alpha value is -0.760. The summed E-state index contributed by atoms with van der Waals surface area (Å²) in [5.41, 5.74) is 0.948. The molecule has 0 atom stereocenters. The van der Waals surface area contributed by atoms with E-state index in [9.17, 15) is 0 Å². The highest BCUT2D eigenvalue weighted by Crippen LogP contribution is 2.28. The van der Waals surface area contributed by atoms with E-state index in [1.165, 1.54) is 0 Å². The summed E-state index contributed by atoms with van der Waals surface area (Å²) < 4.78 is 6.86. The summed E-state index contributed by atoms with van der Waals surface area (Å²) in [6.45, 7) is 11.9. The molecule has 0 aliphatic carbocycles. The second-order valence-corrected chi connectivity index (χ2v) is 5.69. The Bertz CT molecular complexity index is 377. The molecule has 1 radical (unpaired) electrons. The summed E-state index contributed by atoms with van der Waals surface area (Å²) in [6.07, 6.45) is 1.85. The molecule has 1 aromatic carbocycles. The maximum absolute atomic E-state index is 5.84. The van der Waals surface area contributed by atoms with Crippen LogP contribution in [0.4, 0.5) is 0 Å². The van der Waals surface area contributed by atoms with E-state index in [-0.39, 0.29) is 5.60 Å². The second-order valence-electron chi connectivity index (χ2n) is 4.78. The SMILES string of the molecule is C=C[C](C)c1cc(Br)cc(OC(C)(C)C)c1. The molecule has 0 unspecified atom stereocenters. The van der Waals surface area contributed by atoms with Gasteiger partial charge in [0, 0.05) is 10.4 Å². The van der Waals surface area contributed by atoms with Crippen molar-refractivity contribution in [3.05, 3.63) is 46.8 Å². The highest BCUT2D eigenvalue weighted by atomic mass is 79.9. The molecule has 0 amide bonds. The minimum atomic E-state index is -0.180. The van der Waals surface area contributed by atoms with Crippen LogP contribution in [-0.4, -0.2) is 5.60 Å². The molecule has 1 aromatic rings. The van der Waals surface area contributed by atoms with Gasteiger partial charge in [-0.25, -0.2) is 0 Å². The molecule has 0 fully saturated rings. The molecule has 0 heterocycles. The highest BCUT2D eigenvalue weighted by molar-refractivity contribution is 9.10. The average Bonchev–Trinajstić information content (AvgIpc) is 2.12. The van der Waals surface area contributed by atoms with Crippen LogP contribution in [0.3, 0.4) is 0 Å². The number of benzene rings is 1. The first-order valence-electron chi connectivity index (χ1n) is 5.28. The van der Waals surface area contributed by atoms with Crippen LogP contribution in [0.5, 0.6) is 5.75 Å². The van der Waals surface area contributed by atoms with Crippen LogP contribution in [0.2, 0.25) is 0 Å². The van der Waals surface area contributed by atoms with Gasteiger partial charge in [-0.05, 0) is 44.5 Å². The van der Waals surface area contributed by atoms with E-state index in [1.54, 1.807) is 0 Å². The third kappa shape index (κ3) is 4.01. The van der Waals surface area contributed by atoms with Crippen molar-refractivity contribution >= 4 is 15.9 Å². The van der Waals surface area contributed by atoms with Crippen LogP contribution in [0.25, 0.3) is 0 Å². The number of rotatable bonds is 3. The monoisotopic (exact) mass is 281 g/mol. The van der Waals surface area contributed by atoms with Gasteiger partial charge >= 0.3 is 0 Å². The second kappa shape index (κ2) is 5.05. The van der Waals surface area contributed by atoms with Gasteiger partial charge in [0.2, 0.25) is 0 Å². The molecule has 1 nitrogen and oxygen atoms in total. The van der Waals surface area contributed by atoms with Gasteiger partial charge in [0.15, 0.2) is 0 Å². The van der Waals surface area contributed by atoms with Gasteiger partial charge in [-0.15, -0.1) is 6.58 Å². The van der Waals surface area contributed by atoms with E-state index in [0.717, 1.165) is 21.7 Å². The average molecular weight is 282 g/mol. The molecule has 0 bridgehead atoms. The summed E-state index contributed by atoms with van der Waals surface area (Å²) in [7, 11) is 0. The molecule has 0 saturated carbocycles. The third-order valence-corrected chi connectivity index (χ3v) is 2.51. The minimum Gasteiger partial charge on any atom is -0.488 e. The zero-order valence-electron chi connectivity index (χ0n) is 10.3. The van der Waals surface area contributed by atoms with Crippen LogP contribution in [-0.2, 0) is 0 Å². The smallest absolute Gasteiger partial charge is 0.121 e. The summed E-state index contributed by atoms with van der Waals surface area (Å²) in [4.78, 5) is 0. The summed E-state index contributed by atoms with van der Waals surface area (Å²) in [5.74, 6) is 2.01. The van der Waals surface area contributed by atoms with Crippen molar-refractivity contribution in [2.75, 3.05) is 0 Å². The van der Waals surface area contributed by atoms with Gasteiger partial charge in [-0.3, -0.25) is 0 Å². The van der Waals surface area contributed by atoms with Crippen LogP contribution < -0.4 is 4.74 Å². The van der Waals surface area contributed by atoms with Crippen molar-refractivity contribution in [2.45, 2.75) is 33.3 Å². The van der Waals surface area contributed by atoms with Crippen molar-refractivity contribution in [1.82, 2.24) is 0 Å². The summed E-state index contributed by atoms with van der Waals surface area (Å²) in [6, 6.07) is 6.07. The number of halogens is 1. The van der Waals surface area contributed by atoms with Crippen molar-refractivity contribution in [1.29, 1.82) is 0 Å². The molecule has 0 aliphatic heterocycles. The Balaban J connectivity index is 3.03. The van der Waals surface area contributed by atoms with E-state index in [4.69, 9.17) is 4.74 Å². The predicted molar refractivity (Wildman–Crippen MR) is 72.7 cm³/mol. The Morgan fingerprint density at radius 3 is 2.44 bits per heavy atom. The Morgan fingerprint density at radius 2 is 1.94 bits per heavy atom. The topological polar surface area (TPSA) is 9.23 Å². The Morgan fingerprint density at radius 1 is 1.31 bits per heavy atom. The summed E-state index contributed by atoms with van der Waals surface area (Å²) in [5, 5.41) is 0. The standard InChI is InChI=1S/C14H18BrO/c1-6-10(2)11-7-12(15)9-13(8-11)16-14(3,4)5/h6-9H,1H2,2-5H3. The quantitative estimate of drug-likeness (QED) is 0.777. The molecule has 1 rings (SSSR count). The van der Waals surface area contributed by atoms with E-state index in [1.807, 2.05) is 45.9 Å². The Labute approximate surface area is 107 Å². The lowest BCUT2D eigenvalue weighted by Crippen LogP contribution is -2.23. The lowest BCUT2D eigenvalue weighted by Gasteiger charge is -2.22. The molecule has 0 aromatic heterocycles. The Kier molecular flexibility index (Phi) is 4.20. The fourth-order valence-corrected chi connectivity index (χ4v) is 1.79. The van der Waals surface area contributed by atoms with Crippen LogP contribution in [0.1, 0.15) is 33.3 Å². The van der Waals surface area contributed by atoms with Crippen molar-refractivity contribution in [3.63, 3.8) is 0 Å². The molecular formula is C14H18BrO. The normalized spacial score (nSPS) is 11.6. The first-order chi connectivity index (χ1) is 7.31. The maximum atomic E-state index is 5.84. The zero-order valence-corrected chi connectivity index (χ0v) is 11.9. The van der Waals surface area contributed by atoms with E-state index < -0.39 is 0 Å². The van der Waals surface area contributed by atoms with Gasteiger partial charge in [0.25, 0.3) is 0 Å². The van der Waals surface area contributed by atoms with Crippen molar-refractivity contribution in [3.8, 4) is 5.75 Å². The fraction of sp³-hybridized carbons (Fsp3) is 0.357. The van der Waals surface area contributed by atoms with Gasteiger partial charge in [0.05, 0.1) is 0 Å². The van der Waals surface area contributed by atoms with E-state index in [0.29, 0.717) is 0 Å². The largest absolute Gasteiger partial charge is 0.488 e. The molecule has 0 spiro atoms. The summed E-state index contributed by atoms with van der Waals surface area (Å²) >= 11 is 3.49. The van der Waals surface area contributed by atoms with Crippen molar-refractivity contribution < 1.29 is 4.74 Å². The molecule has 0 aliphatic rings. The van der Waals surface area contributed by atoms with Gasteiger partial charge in [0.1, 0.15) is 11.4 Å². The lowest BCUT2D eigenvalue weighted by molar-refractivity contribution is 0.131. The van der Waals surface area contributed by atoms with E-state index in [2.05, 4.69) is 28.6 Å². The zero-order chi connectivity index (χ0) is 12.3. The number of ether oxygens (including phenoxy) is 1. The first kappa shape index (κ1) is 13.3. The maximum Gasteiger partial charge on any atom is 0.121 e. The number of allylic oxidation sites excluding steroid dienone is 1. The molecule has 16 heavy (non-hydrogen) atoms. The third-order valence-electron chi connectivity index (χ3n) is 2.06. The molecule has 87 valence electrons. The number of hydrogen-bond acceptors (Lipinski definition) is 1. The predicted octanol–water partition coefficient (Wildman–Crippen LogP) is 4.75. The molecule has 0 N–H and O–H groups in total. The molecular weight excluding hydrogens is 264 g/mol. The van der Waals surface area contributed by atoms with Crippen LogP contribution in [0.15, 0.2) is 35.3 Å². The van der Waals surface area contributed by atoms with Crippen LogP contribution >= 0.6 is 15.9 Å². The van der Waals surface area contributed by atoms with Crippen LogP contribution in [0, 0.1) is 5.92 Å². The molecule has 2 heteroatoms. The lowest BCUT2D eigenvalue weighted by atomic mass is 10.0.